The van der Waals surface area contributed by atoms with Crippen LogP contribution >= 0.6 is 0 Å². The molecule has 0 bridgehead atoms. The first-order valence-corrected chi connectivity index (χ1v) is 5.65. The van der Waals surface area contributed by atoms with Crippen molar-refractivity contribution in [3.8, 4) is 0 Å². The minimum absolute atomic E-state index is 0.166. The van der Waals surface area contributed by atoms with E-state index < -0.39 is 5.60 Å². The van der Waals surface area contributed by atoms with Gasteiger partial charge in [-0.25, -0.2) is 0 Å². The molecule has 0 aliphatic rings. The molecule has 0 unspecified atom stereocenters. The summed E-state index contributed by atoms with van der Waals surface area (Å²) in [5.74, 6) is 0.392. The Balaban J connectivity index is 2.54. The van der Waals surface area contributed by atoms with Gasteiger partial charge in [0.25, 0.3) is 0 Å². The number of nitrogens with zero attached hydrogens (tertiary/aromatic N) is 4. The summed E-state index contributed by atoms with van der Waals surface area (Å²) >= 11 is 0. The number of ether oxygens (including phenoxy) is 1. The predicted octanol–water partition coefficient (Wildman–Crippen LogP) is 1.08. The molecule has 0 spiro atoms. The van der Waals surface area contributed by atoms with Gasteiger partial charge in [-0.2, -0.15) is 0 Å². The zero-order valence-corrected chi connectivity index (χ0v) is 11.1. The normalized spacial score (nSPS) is 11.4. The SMILES string of the molecule is CCn1cc(N(C)CC(=O)OC(C)(C)C)nn1. The minimum atomic E-state index is -0.459. The van der Waals surface area contributed by atoms with Crippen LogP contribution in [0.25, 0.3) is 0 Å². The zero-order valence-electron chi connectivity index (χ0n) is 11.1. The Bertz CT molecular complexity index is 381. The second kappa shape index (κ2) is 5.16. The maximum absolute atomic E-state index is 11.6. The van der Waals surface area contributed by atoms with E-state index in [-0.39, 0.29) is 12.5 Å². The van der Waals surface area contributed by atoms with E-state index in [2.05, 4.69) is 10.3 Å². The zero-order chi connectivity index (χ0) is 13.1. The Hall–Kier alpha value is -1.59. The highest BCUT2D eigenvalue weighted by molar-refractivity contribution is 5.75. The highest BCUT2D eigenvalue weighted by Gasteiger charge is 2.18. The molecular formula is C11H20N4O2. The number of anilines is 1. The van der Waals surface area contributed by atoms with Crippen molar-refractivity contribution >= 4 is 11.8 Å². The minimum Gasteiger partial charge on any atom is -0.459 e. The molecule has 96 valence electrons. The van der Waals surface area contributed by atoms with E-state index in [1.54, 1.807) is 22.8 Å². The number of hydrogen-bond acceptors (Lipinski definition) is 5. The van der Waals surface area contributed by atoms with Crippen molar-refractivity contribution in [1.29, 1.82) is 0 Å². The van der Waals surface area contributed by atoms with Gasteiger partial charge < -0.3 is 9.64 Å². The van der Waals surface area contributed by atoms with Crippen LogP contribution in [0, 0.1) is 0 Å². The van der Waals surface area contributed by atoms with Crippen LogP contribution in [0.2, 0.25) is 0 Å². The summed E-state index contributed by atoms with van der Waals surface area (Å²) in [7, 11) is 1.79. The summed E-state index contributed by atoms with van der Waals surface area (Å²) in [5, 5.41) is 7.88. The number of carbonyl (C=O) groups excluding carboxylic acids is 1. The second-order valence-corrected chi connectivity index (χ2v) is 4.87. The Kier molecular flexibility index (Phi) is 4.09. The van der Waals surface area contributed by atoms with Crippen LogP contribution in [0.15, 0.2) is 6.20 Å². The Morgan fingerprint density at radius 3 is 2.65 bits per heavy atom. The fraction of sp³-hybridized carbons (Fsp3) is 0.727. The summed E-state index contributed by atoms with van der Waals surface area (Å²) < 4.78 is 6.94. The smallest absolute Gasteiger partial charge is 0.326 e. The van der Waals surface area contributed by atoms with Crippen LogP contribution < -0.4 is 4.90 Å². The molecule has 1 aromatic rings. The maximum Gasteiger partial charge on any atom is 0.326 e. The molecule has 0 fully saturated rings. The fourth-order valence-electron chi connectivity index (χ4n) is 1.27. The molecule has 0 aliphatic carbocycles. The van der Waals surface area contributed by atoms with Crippen LogP contribution in [0.3, 0.4) is 0 Å². The van der Waals surface area contributed by atoms with Crippen molar-refractivity contribution in [1.82, 2.24) is 15.0 Å². The molecule has 1 heterocycles. The molecule has 17 heavy (non-hydrogen) atoms. The number of aromatic nitrogens is 3. The quantitative estimate of drug-likeness (QED) is 0.737. The molecule has 0 aromatic carbocycles. The third-order valence-electron chi connectivity index (χ3n) is 2.03. The Morgan fingerprint density at radius 2 is 2.18 bits per heavy atom. The van der Waals surface area contributed by atoms with Gasteiger partial charge in [0.2, 0.25) is 0 Å². The van der Waals surface area contributed by atoms with E-state index in [9.17, 15) is 4.79 Å². The lowest BCUT2D eigenvalue weighted by atomic mass is 10.2. The van der Waals surface area contributed by atoms with E-state index in [1.807, 2.05) is 27.7 Å². The average Bonchev–Trinajstić information content (AvgIpc) is 2.62. The lowest BCUT2D eigenvalue weighted by molar-refractivity contribution is -0.152. The Labute approximate surface area is 102 Å². The van der Waals surface area contributed by atoms with Gasteiger partial charge in [0.15, 0.2) is 5.82 Å². The largest absolute Gasteiger partial charge is 0.459 e. The van der Waals surface area contributed by atoms with Crippen molar-refractivity contribution in [3.63, 3.8) is 0 Å². The maximum atomic E-state index is 11.6. The number of carbonyl (C=O) groups is 1. The first kappa shape index (κ1) is 13.5. The number of esters is 1. The molecule has 6 nitrogen and oxygen atoms in total. The number of aryl methyl sites for hydroxylation is 1. The fourth-order valence-corrected chi connectivity index (χ4v) is 1.27. The van der Waals surface area contributed by atoms with Gasteiger partial charge in [-0.1, -0.05) is 5.21 Å². The summed E-state index contributed by atoms with van der Waals surface area (Å²) in [6.07, 6.45) is 1.80. The highest BCUT2D eigenvalue weighted by atomic mass is 16.6. The third kappa shape index (κ3) is 4.42. The van der Waals surface area contributed by atoms with Crippen LogP contribution in [-0.2, 0) is 16.1 Å². The molecular weight excluding hydrogens is 220 g/mol. The van der Waals surface area contributed by atoms with Gasteiger partial charge >= 0.3 is 5.97 Å². The lowest BCUT2D eigenvalue weighted by Gasteiger charge is -2.22. The van der Waals surface area contributed by atoms with Crippen molar-refractivity contribution < 1.29 is 9.53 Å². The molecule has 6 heteroatoms. The van der Waals surface area contributed by atoms with Crippen molar-refractivity contribution in [2.24, 2.45) is 0 Å². The van der Waals surface area contributed by atoms with E-state index in [1.165, 1.54) is 0 Å². The topological polar surface area (TPSA) is 60.2 Å². The second-order valence-electron chi connectivity index (χ2n) is 4.87. The first-order valence-electron chi connectivity index (χ1n) is 5.65. The summed E-state index contributed by atoms with van der Waals surface area (Å²) in [5.41, 5.74) is -0.459. The van der Waals surface area contributed by atoms with E-state index in [4.69, 9.17) is 4.74 Å². The first-order chi connectivity index (χ1) is 7.81. The summed E-state index contributed by atoms with van der Waals surface area (Å²) in [6.45, 7) is 8.44. The van der Waals surface area contributed by atoms with E-state index in [0.29, 0.717) is 5.82 Å². The lowest BCUT2D eigenvalue weighted by Crippen LogP contribution is -2.32. The van der Waals surface area contributed by atoms with Gasteiger partial charge in [0, 0.05) is 13.6 Å². The third-order valence-corrected chi connectivity index (χ3v) is 2.03. The molecule has 0 saturated heterocycles. The molecule has 0 N–H and O–H groups in total. The van der Waals surface area contributed by atoms with Gasteiger partial charge in [-0.15, -0.1) is 5.10 Å². The predicted molar refractivity (Wildman–Crippen MR) is 64.8 cm³/mol. The van der Waals surface area contributed by atoms with Gasteiger partial charge in [-0.05, 0) is 27.7 Å². The highest BCUT2D eigenvalue weighted by Crippen LogP contribution is 2.10. The number of likely N-dealkylation sites (N-methyl/N-ethyl adjacent to an activating group) is 1. The molecule has 0 radical (unpaired) electrons. The summed E-state index contributed by atoms with van der Waals surface area (Å²) in [4.78, 5) is 13.3. The monoisotopic (exact) mass is 240 g/mol. The number of hydrogen-bond donors (Lipinski definition) is 0. The van der Waals surface area contributed by atoms with Crippen LogP contribution in [-0.4, -0.2) is 40.2 Å². The number of rotatable bonds is 4. The summed E-state index contributed by atoms with van der Waals surface area (Å²) in [6, 6.07) is 0. The molecule has 1 rings (SSSR count). The molecule has 0 aliphatic heterocycles. The van der Waals surface area contributed by atoms with E-state index in [0.717, 1.165) is 6.54 Å². The van der Waals surface area contributed by atoms with Crippen molar-refractivity contribution in [2.75, 3.05) is 18.5 Å². The van der Waals surface area contributed by atoms with Gasteiger partial charge in [0.1, 0.15) is 12.1 Å². The molecule has 0 saturated carbocycles. The molecule has 0 atom stereocenters. The van der Waals surface area contributed by atoms with Crippen molar-refractivity contribution in [3.05, 3.63) is 6.20 Å². The van der Waals surface area contributed by atoms with Crippen molar-refractivity contribution in [2.45, 2.75) is 39.8 Å². The van der Waals surface area contributed by atoms with Crippen LogP contribution in [0.4, 0.5) is 5.82 Å². The van der Waals surface area contributed by atoms with Crippen LogP contribution in [0.5, 0.6) is 0 Å². The molecule has 1 aromatic heterocycles. The van der Waals surface area contributed by atoms with E-state index >= 15 is 0 Å². The average molecular weight is 240 g/mol. The Morgan fingerprint density at radius 1 is 1.53 bits per heavy atom. The van der Waals surface area contributed by atoms with Gasteiger partial charge in [-0.3, -0.25) is 9.48 Å². The molecule has 0 amide bonds. The van der Waals surface area contributed by atoms with Gasteiger partial charge in [0.05, 0.1) is 6.20 Å². The standard InChI is InChI=1S/C11H20N4O2/c1-6-15-7-9(12-13-15)14(5)8-10(16)17-11(2,3)4/h7H,6,8H2,1-5H3. The van der Waals surface area contributed by atoms with Crippen LogP contribution in [0.1, 0.15) is 27.7 Å².